The lowest BCUT2D eigenvalue weighted by Gasteiger charge is -2.14. The fourth-order valence-corrected chi connectivity index (χ4v) is 3.48. The monoisotopic (exact) mass is 405 g/mol. The molecule has 4 nitrogen and oxygen atoms in total. The molecule has 0 bridgehead atoms. The molecule has 2 aromatic rings. The number of aromatic nitrogens is 1. The molecule has 0 spiro atoms. The molecular formula is C21H21Cl2NO3. The van der Waals surface area contributed by atoms with Crippen LogP contribution >= 0.6 is 23.2 Å². The Labute approximate surface area is 169 Å². The molecule has 0 aliphatic heterocycles. The summed E-state index contributed by atoms with van der Waals surface area (Å²) in [6.07, 6.45) is 1.20. The first kappa shape index (κ1) is 19.7. The maximum Gasteiger partial charge on any atom is 0.310 e. The van der Waals surface area contributed by atoms with E-state index >= 15 is 0 Å². The lowest BCUT2D eigenvalue weighted by Crippen LogP contribution is -2.14. The molecule has 1 fully saturated rings. The number of benzene rings is 1. The van der Waals surface area contributed by atoms with Gasteiger partial charge in [-0.15, -0.1) is 0 Å². The minimum absolute atomic E-state index is 0.0251. The van der Waals surface area contributed by atoms with Crippen molar-refractivity contribution in [3.8, 4) is 11.6 Å². The van der Waals surface area contributed by atoms with Crippen molar-refractivity contribution in [2.75, 3.05) is 0 Å². The van der Waals surface area contributed by atoms with Crippen LogP contribution < -0.4 is 4.74 Å². The van der Waals surface area contributed by atoms with E-state index in [4.69, 9.17) is 32.7 Å². The van der Waals surface area contributed by atoms with Gasteiger partial charge in [0.25, 0.3) is 0 Å². The van der Waals surface area contributed by atoms with Crippen LogP contribution in [0.1, 0.15) is 32.6 Å². The van der Waals surface area contributed by atoms with E-state index in [9.17, 15) is 4.79 Å². The second kappa shape index (κ2) is 7.91. The normalized spacial score (nSPS) is 21.1. The Balaban J connectivity index is 1.66. The Hall–Kier alpha value is -2.04. The van der Waals surface area contributed by atoms with Crippen molar-refractivity contribution in [2.24, 2.45) is 17.3 Å². The highest BCUT2D eigenvalue weighted by Gasteiger charge is 2.61. The molecule has 0 amide bonds. The molecule has 3 atom stereocenters. The second-order valence-electron chi connectivity index (χ2n) is 7.18. The van der Waals surface area contributed by atoms with E-state index in [1.807, 2.05) is 50.2 Å². The Morgan fingerprint density at radius 3 is 2.52 bits per heavy atom. The Morgan fingerprint density at radius 2 is 1.85 bits per heavy atom. The van der Waals surface area contributed by atoms with Crippen LogP contribution in [-0.2, 0) is 9.53 Å². The summed E-state index contributed by atoms with van der Waals surface area (Å²) in [6, 6.07) is 14.8. The van der Waals surface area contributed by atoms with Crippen molar-refractivity contribution in [1.29, 1.82) is 0 Å². The van der Waals surface area contributed by atoms with E-state index in [2.05, 4.69) is 4.98 Å². The van der Waals surface area contributed by atoms with Crippen molar-refractivity contribution in [3.63, 3.8) is 0 Å². The topological polar surface area (TPSA) is 48.4 Å². The number of nitrogens with zero attached hydrogens (tertiary/aromatic N) is 1. The summed E-state index contributed by atoms with van der Waals surface area (Å²) in [5.41, 5.74) is 0.398. The van der Waals surface area contributed by atoms with Gasteiger partial charge in [0.05, 0.1) is 11.6 Å². The van der Waals surface area contributed by atoms with Gasteiger partial charge in [-0.25, -0.2) is 4.98 Å². The van der Waals surface area contributed by atoms with Crippen LogP contribution in [0.3, 0.4) is 0 Å². The zero-order valence-electron chi connectivity index (χ0n) is 15.4. The SMILES string of the molecule is C[C@@H](OC(=O)[C@@H]1[C@H](C=C(Cl)Cl)C1(C)C)c1cccc(Oc2ccccc2)n1. The zero-order valence-corrected chi connectivity index (χ0v) is 16.9. The van der Waals surface area contributed by atoms with Gasteiger partial charge < -0.3 is 9.47 Å². The van der Waals surface area contributed by atoms with Crippen LogP contribution in [0.2, 0.25) is 0 Å². The molecule has 0 N–H and O–H groups in total. The molecule has 1 aromatic heterocycles. The van der Waals surface area contributed by atoms with Crippen molar-refractivity contribution < 1.29 is 14.3 Å². The highest BCUT2D eigenvalue weighted by Crippen LogP contribution is 2.60. The largest absolute Gasteiger partial charge is 0.456 e. The Bertz CT molecular complexity index is 848. The summed E-state index contributed by atoms with van der Waals surface area (Å²) >= 11 is 11.5. The first-order valence-corrected chi connectivity index (χ1v) is 9.48. The van der Waals surface area contributed by atoms with E-state index in [-0.39, 0.29) is 27.7 Å². The van der Waals surface area contributed by atoms with Crippen molar-refractivity contribution >= 4 is 29.2 Å². The molecule has 0 saturated heterocycles. The van der Waals surface area contributed by atoms with Gasteiger partial charge in [0.2, 0.25) is 5.88 Å². The van der Waals surface area contributed by atoms with Crippen LogP contribution in [0.5, 0.6) is 11.6 Å². The van der Waals surface area contributed by atoms with Gasteiger partial charge in [0.15, 0.2) is 0 Å². The number of esters is 1. The lowest BCUT2D eigenvalue weighted by atomic mass is 10.1. The number of ether oxygens (including phenoxy) is 2. The molecule has 3 rings (SSSR count). The summed E-state index contributed by atoms with van der Waals surface area (Å²) in [6.45, 7) is 5.78. The van der Waals surface area contributed by atoms with Gasteiger partial charge in [-0.2, -0.15) is 0 Å². The number of carbonyl (C=O) groups excluding carboxylic acids is 1. The van der Waals surface area contributed by atoms with Crippen LogP contribution in [-0.4, -0.2) is 11.0 Å². The van der Waals surface area contributed by atoms with E-state index in [0.29, 0.717) is 17.3 Å². The van der Waals surface area contributed by atoms with Crippen LogP contribution in [0.25, 0.3) is 0 Å². The molecule has 0 unspecified atom stereocenters. The predicted octanol–water partition coefficient (Wildman–Crippen LogP) is 6.07. The standard InChI is InChI=1S/C21H21Cl2NO3/c1-13(26-20(25)19-15(12-17(22)23)21(19,2)3)16-10-7-11-18(24-16)27-14-8-5-4-6-9-14/h4-13,15,19H,1-3H3/t13-,15+,19+/m1/s1. The van der Waals surface area contributed by atoms with E-state index in [0.717, 1.165) is 0 Å². The molecule has 1 aliphatic rings. The third-order valence-corrected chi connectivity index (χ3v) is 5.14. The van der Waals surface area contributed by atoms with Gasteiger partial charge >= 0.3 is 5.97 Å². The summed E-state index contributed by atoms with van der Waals surface area (Å²) in [7, 11) is 0. The molecule has 27 heavy (non-hydrogen) atoms. The fourth-order valence-electron chi connectivity index (χ4n) is 3.21. The molecule has 1 aromatic carbocycles. The van der Waals surface area contributed by atoms with Crippen molar-refractivity contribution in [2.45, 2.75) is 26.9 Å². The number of hydrogen-bond donors (Lipinski definition) is 0. The summed E-state index contributed by atoms with van der Waals surface area (Å²) in [5.74, 6) is 0.570. The third-order valence-electron chi connectivity index (χ3n) is 4.89. The maximum absolute atomic E-state index is 12.6. The van der Waals surface area contributed by atoms with Gasteiger partial charge in [-0.05, 0) is 42.5 Å². The quantitative estimate of drug-likeness (QED) is 0.547. The maximum atomic E-state index is 12.6. The molecule has 6 heteroatoms. The number of rotatable bonds is 6. The van der Waals surface area contributed by atoms with E-state index in [1.165, 1.54) is 0 Å². The number of allylic oxidation sites excluding steroid dienone is 1. The molecule has 1 heterocycles. The molecule has 1 aliphatic carbocycles. The van der Waals surface area contributed by atoms with Gasteiger partial charge in [0, 0.05) is 6.07 Å². The summed E-state index contributed by atoms with van der Waals surface area (Å²) in [4.78, 5) is 17.0. The number of halogens is 2. The lowest BCUT2D eigenvalue weighted by molar-refractivity contribution is -0.151. The number of hydrogen-bond acceptors (Lipinski definition) is 4. The smallest absolute Gasteiger partial charge is 0.310 e. The van der Waals surface area contributed by atoms with Crippen LogP contribution in [0.15, 0.2) is 59.1 Å². The average molecular weight is 406 g/mol. The highest BCUT2D eigenvalue weighted by atomic mass is 35.5. The van der Waals surface area contributed by atoms with Crippen molar-refractivity contribution in [1.82, 2.24) is 4.98 Å². The minimum Gasteiger partial charge on any atom is -0.456 e. The molecule has 1 saturated carbocycles. The van der Waals surface area contributed by atoms with Crippen LogP contribution in [0.4, 0.5) is 0 Å². The van der Waals surface area contributed by atoms with Crippen LogP contribution in [0, 0.1) is 17.3 Å². The van der Waals surface area contributed by atoms with E-state index in [1.54, 1.807) is 25.1 Å². The van der Waals surface area contributed by atoms with Gasteiger partial charge in [-0.3, -0.25) is 4.79 Å². The fraction of sp³-hybridized carbons (Fsp3) is 0.333. The number of carbonyl (C=O) groups is 1. The van der Waals surface area contributed by atoms with Gasteiger partial charge in [-0.1, -0.05) is 61.3 Å². The molecule has 0 radical (unpaired) electrons. The predicted molar refractivity (Wildman–Crippen MR) is 106 cm³/mol. The first-order valence-electron chi connectivity index (χ1n) is 8.72. The third kappa shape index (κ3) is 4.63. The zero-order chi connectivity index (χ0) is 19.6. The first-order chi connectivity index (χ1) is 12.8. The van der Waals surface area contributed by atoms with Gasteiger partial charge in [0.1, 0.15) is 16.3 Å². The molecular weight excluding hydrogens is 385 g/mol. The minimum atomic E-state index is -0.496. The second-order valence-corrected chi connectivity index (χ2v) is 8.18. The number of pyridine rings is 1. The summed E-state index contributed by atoms with van der Waals surface area (Å²) in [5, 5.41) is 0. The Morgan fingerprint density at radius 1 is 1.15 bits per heavy atom. The molecule has 142 valence electrons. The Kier molecular flexibility index (Phi) is 5.78. The number of para-hydroxylation sites is 1. The van der Waals surface area contributed by atoms with Crippen molar-refractivity contribution in [3.05, 3.63) is 64.8 Å². The van der Waals surface area contributed by atoms with E-state index < -0.39 is 6.10 Å². The average Bonchev–Trinajstić information content (AvgIpc) is 3.15. The summed E-state index contributed by atoms with van der Waals surface area (Å²) < 4.78 is 11.5. The highest BCUT2D eigenvalue weighted by molar-refractivity contribution is 6.55.